The van der Waals surface area contributed by atoms with Gasteiger partial charge in [-0.15, -0.1) is 0 Å². The van der Waals surface area contributed by atoms with E-state index in [0.29, 0.717) is 0 Å². The minimum absolute atomic E-state index is 0.365. The van der Waals surface area contributed by atoms with E-state index in [1.165, 1.54) is 0 Å². The number of hydrogen-bond donors (Lipinski definition) is 22. The molecule has 0 fully saturated rings. The molecule has 0 saturated heterocycles. The van der Waals surface area contributed by atoms with Gasteiger partial charge in [0.2, 0.25) is 0 Å². The molecule has 0 aromatic rings. The highest BCUT2D eigenvalue weighted by molar-refractivity contribution is 5.88. The Labute approximate surface area is 277 Å². The van der Waals surface area contributed by atoms with E-state index in [1.807, 2.05) is 0 Å². The van der Waals surface area contributed by atoms with Crippen molar-refractivity contribution >= 4 is 17.9 Å². The third-order valence-electron chi connectivity index (χ3n) is 5.20. The summed E-state index contributed by atoms with van der Waals surface area (Å²) in [7, 11) is 0. The highest BCUT2D eigenvalue weighted by Crippen LogP contribution is 2.15. The highest BCUT2D eigenvalue weighted by Gasteiger charge is 2.40. The van der Waals surface area contributed by atoms with Crippen LogP contribution in [0, 0.1) is 0 Å². The maximum absolute atomic E-state index is 10.3. The van der Waals surface area contributed by atoms with Crippen LogP contribution in [0.4, 0.5) is 0 Å². The van der Waals surface area contributed by atoms with Crippen LogP contribution in [0.25, 0.3) is 0 Å². The quantitative estimate of drug-likeness (QED) is 0.0584. The van der Waals surface area contributed by atoms with Crippen molar-refractivity contribution in [2.45, 2.75) is 79.5 Å². The number of hydrogen-bond acceptors (Lipinski definition) is 22. The maximum Gasteiger partial charge on any atom is 0.336 e. The topological polar surface area (TPSA) is 496 Å². The van der Waals surface area contributed by atoms with Gasteiger partial charge in [0, 0.05) is 0 Å². The van der Waals surface area contributed by atoms with Gasteiger partial charge >= 0.3 is 17.9 Å². The molecule has 0 aliphatic carbocycles. The molecule has 25 nitrogen and oxygen atoms in total. The second-order valence-corrected chi connectivity index (χ2v) is 9.47. The number of carboxylic acid groups (broad SMARTS) is 3. The molecule has 0 aromatic carbocycles. The van der Waals surface area contributed by atoms with E-state index in [4.69, 9.17) is 112 Å². The Bertz CT molecular complexity index is 751. The molecular weight excluding hydrogens is 688 g/mol. The van der Waals surface area contributed by atoms with Crippen LogP contribution in [-0.4, -0.2) is 250 Å². The number of carbonyl (C=O) groups is 3. The van der Waals surface area contributed by atoms with Gasteiger partial charge in [-0.25, -0.2) is 4.79 Å². The van der Waals surface area contributed by atoms with Gasteiger partial charge in [0.1, 0.15) is 61.0 Å². The Balaban J connectivity index is -0.000000168. The molecule has 0 spiro atoms. The molecule has 0 aliphatic rings. The van der Waals surface area contributed by atoms with Gasteiger partial charge in [0.05, 0.1) is 65.7 Å². The van der Waals surface area contributed by atoms with Crippen molar-refractivity contribution in [2.24, 2.45) is 0 Å². The van der Waals surface area contributed by atoms with E-state index in [1.54, 1.807) is 0 Å². The lowest BCUT2D eigenvalue weighted by Crippen LogP contribution is -2.46. The number of aliphatic carboxylic acids is 3. The fraction of sp³-hybridized carbons (Fsp3) is 0.875. The summed E-state index contributed by atoms with van der Waals surface area (Å²) < 4.78 is 0. The Morgan fingerprint density at radius 3 is 0.755 bits per heavy atom. The molecule has 298 valence electrons. The fourth-order valence-electron chi connectivity index (χ4n) is 2.16. The van der Waals surface area contributed by atoms with Gasteiger partial charge in [-0.05, 0) is 0 Å². The summed E-state index contributed by atoms with van der Waals surface area (Å²) >= 11 is 0. The molecule has 3 unspecified atom stereocenters. The number of rotatable bonds is 19. The van der Waals surface area contributed by atoms with E-state index in [-0.39, 0.29) is 13.2 Å². The SMILES string of the molecule is O=C(O)CC(O)(CC(=O)O)C(=O)O.OCC(O)C(O)CO.OCC(O)CO.OC[C@@H](O)C(O)[C@@H](O)CO.OC[C@@H](O)[C@@H](O)[C@H](O)[C@@H](O)CO. The van der Waals surface area contributed by atoms with Gasteiger partial charge in [-0.3, -0.25) is 9.59 Å². The van der Waals surface area contributed by atoms with Gasteiger partial charge < -0.3 is 112 Å². The predicted octanol–water partition coefficient (Wildman–Crippen LogP) is -11.8. The normalized spacial score (nSPS) is 16.4. The number of aliphatic hydroxyl groups excluding tert-OH is 18. The molecule has 9 atom stereocenters. The number of aliphatic hydroxyl groups is 19. The smallest absolute Gasteiger partial charge is 0.336 e. The second kappa shape index (κ2) is 32.8. The summed E-state index contributed by atoms with van der Waals surface area (Å²) in [5, 5.41) is 186. The molecule has 22 N–H and O–H groups in total. The monoisotopic (exact) mass is 740 g/mol. The molecule has 0 radical (unpaired) electrons. The third kappa shape index (κ3) is 30.2. The molecule has 0 saturated carbocycles. The first kappa shape index (κ1) is 56.0. The molecular formula is C24H52O25. The van der Waals surface area contributed by atoms with Crippen molar-refractivity contribution in [2.75, 3.05) is 52.9 Å². The summed E-state index contributed by atoms with van der Waals surface area (Å²) in [6, 6.07) is 0. The van der Waals surface area contributed by atoms with Crippen LogP contribution in [0.5, 0.6) is 0 Å². The molecule has 0 amide bonds. The van der Waals surface area contributed by atoms with Crippen LogP contribution in [0.2, 0.25) is 0 Å². The van der Waals surface area contributed by atoms with Crippen LogP contribution in [0.3, 0.4) is 0 Å². The van der Waals surface area contributed by atoms with Gasteiger partial charge in [0.25, 0.3) is 0 Å². The molecule has 0 bridgehead atoms. The Kier molecular flexibility index (Phi) is 37.5. The first-order valence-corrected chi connectivity index (χ1v) is 13.5. The highest BCUT2D eigenvalue weighted by atomic mass is 16.4. The van der Waals surface area contributed by atoms with Crippen molar-refractivity contribution < 1.29 is 127 Å². The van der Waals surface area contributed by atoms with Crippen LogP contribution in [-0.2, 0) is 14.4 Å². The van der Waals surface area contributed by atoms with E-state index in [9.17, 15) is 14.4 Å². The van der Waals surface area contributed by atoms with Crippen LogP contribution in [0.1, 0.15) is 12.8 Å². The first-order chi connectivity index (χ1) is 22.5. The van der Waals surface area contributed by atoms with Gasteiger partial charge in [0.15, 0.2) is 5.60 Å². The third-order valence-corrected chi connectivity index (χ3v) is 5.20. The lowest BCUT2D eigenvalue weighted by atomic mass is 9.96. The largest absolute Gasteiger partial charge is 0.481 e. The lowest BCUT2D eigenvalue weighted by molar-refractivity contribution is -0.170. The van der Waals surface area contributed by atoms with Crippen molar-refractivity contribution in [3.8, 4) is 0 Å². The van der Waals surface area contributed by atoms with Crippen molar-refractivity contribution in [1.82, 2.24) is 0 Å². The van der Waals surface area contributed by atoms with Crippen molar-refractivity contribution in [1.29, 1.82) is 0 Å². The molecule has 25 heteroatoms. The first-order valence-electron chi connectivity index (χ1n) is 13.5. The van der Waals surface area contributed by atoms with Crippen molar-refractivity contribution in [3.05, 3.63) is 0 Å². The fourth-order valence-corrected chi connectivity index (χ4v) is 2.16. The Morgan fingerprint density at radius 2 is 0.612 bits per heavy atom. The van der Waals surface area contributed by atoms with E-state index in [0.717, 1.165) is 0 Å². The predicted molar refractivity (Wildman–Crippen MR) is 154 cm³/mol. The molecule has 0 aliphatic heterocycles. The summed E-state index contributed by atoms with van der Waals surface area (Å²) in [4.78, 5) is 30.5. The van der Waals surface area contributed by atoms with Crippen LogP contribution in [0.15, 0.2) is 0 Å². The summed E-state index contributed by atoms with van der Waals surface area (Å²) in [6.07, 6.45) is -16.4. The minimum Gasteiger partial charge on any atom is -0.481 e. The average Bonchev–Trinajstić information content (AvgIpc) is 3.08. The Hall–Kier alpha value is -2.35. The molecule has 0 heterocycles. The second-order valence-electron chi connectivity index (χ2n) is 9.47. The molecule has 0 aromatic heterocycles. The number of carboxylic acids is 3. The average molecular weight is 741 g/mol. The zero-order chi connectivity index (χ0) is 40.1. The summed E-state index contributed by atoms with van der Waals surface area (Å²) in [5.41, 5.74) is -2.74. The van der Waals surface area contributed by atoms with Gasteiger partial charge in [-0.2, -0.15) is 0 Å². The molecule has 49 heavy (non-hydrogen) atoms. The van der Waals surface area contributed by atoms with E-state index < -0.39 is 137 Å². The Morgan fingerprint density at radius 1 is 0.388 bits per heavy atom. The maximum atomic E-state index is 10.3. The standard InChI is InChI=1S/C6H8O7.C6H14O6.C5H12O5.C4H10O4.C3H8O3/c7-3(8)1-6(13,5(11)12)2-4(9)10;7-1-3(9)5(11)6(12)4(10)2-8;6-1-3(8)5(10)4(9)2-7;5-1-3(7)4(8)2-6;4-1-3(6)2-5/h13H,1-2H2,(H,7,8)(H,9,10)(H,11,12);3-12H,1-2H2;3-10H,1-2H2;3-8H,1-2H2;3-6H,1-2H2/t;3-,4+,5-,6-;3-,4+,5?;;/m.1.../s1. The summed E-state index contributed by atoms with van der Waals surface area (Å²) in [5.74, 6) is -5.02. The zero-order valence-corrected chi connectivity index (χ0v) is 25.9. The minimum atomic E-state index is -2.74. The zero-order valence-electron chi connectivity index (χ0n) is 25.9. The van der Waals surface area contributed by atoms with E-state index >= 15 is 0 Å². The lowest BCUT2D eigenvalue weighted by Gasteiger charge is -2.24. The van der Waals surface area contributed by atoms with E-state index in [2.05, 4.69) is 0 Å². The van der Waals surface area contributed by atoms with Crippen molar-refractivity contribution in [3.63, 3.8) is 0 Å². The van der Waals surface area contributed by atoms with Gasteiger partial charge in [-0.1, -0.05) is 0 Å². The van der Waals surface area contributed by atoms with Crippen LogP contribution >= 0.6 is 0 Å². The molecule has 0 rings (SSSR count). The summed E-state index contributed by atoms with van der Waals surface area (Å²) in [6.45, 7) is -4.51. The van der Waals surface area contributed by atoms with Crippen LogP contribution < -0.4 is 0 Å².